The quantitative estimate of drug-likeness (QED) is 0.843. The fraction of sp³-hybridized carbons (Fsp3) is 0.571. The van der Waals surface area contributed by atoms with Gasteiger partial charge in [0.2, 0.25) is 5.91 Å². The van der Waals surface area contributed by atoms with Gasteiger partial charge in [-0.25, -0.2) is 4.98 Å². The lowest BCUT2D eigenvalue weighted by molar-refractivity contribution is -0.128. The number of carbonyl (C=O) groups is 1. The summed E-state index contributed by atoms with van der Waals surface area (Å²) in [4.78, 5) is 18.3. The third-order valence-electron chi connectivity index (χ3n) is 4.07. The number of amides is 1. The first-order chi connectivity index (χ1) is 9.04. The van der Waals surface area contributed by atoms with Gasteiger partial charge in [0.25, 0.3) is 0 Å². The van der Waals surface area contributed by atoms with E-state index in [-0.39, 0.29) is 5.91 Å². The molecule has 4 nitrogen and oxygen atoms in total. The number of primary amides is 1. The lowest BCUT2D eigenvalue weighted by Crippen LogP contribution is -2.52. The molecule has 0 radical (unpaired) electrons. The van der Waals surface area contributed by atoms with Crippen LogP contribution in [0.3, 0.4) is 0 Å². The second kappa shape index (κ2) is 6.01. The van der Waals surface area contributed by atoms with Gasteiger partial charge in [0.15, 0.2) is 0 Å². The lowest BCUT2D eigenvalue weighted by Gasteiger charge is -2.33. The van der Waals surface area contributed by atoms with Crippen molar-refractivity contribution >= 4 is 21.8 Å². The van der Waals surface area contributed by atoms with Gasteiger partial charge >= 0.3 is 0 Å². The number of halogens is 1. The van der Waals surface area contributed by atoms with Crippen molar-refractivity contribution in [2.24, 2.45) is 5.73 Å². The number of nitrogens with two attached hydrogens (primary N) is 1. The number of rotatable bonds is 5. The minimum absolute atomic E-state index is 0.185. The van der Waals surface area contributed by atoms with Gasteiger partial charge < -0.3 is 5.73 Å². The predicted octanol–water partition coefficient (Wildman–Crippen LogP) is 2.12. The second-order valence-corrected chi connectivity index (χ2v) is 6.04. The van der Waals surface area contributed by atoms with Crippen molar-refractivity contribution in [3.05, 3.63) is 28.5 Å². The Labute approximate surface area is 122 Å². The maximum atomic E-state index is 11.8. The van der Waals surface area contributed by atoms with Crippen molar-refractivity contribution in [1.29, 1.82) is 0 Å². The summed E-state index contributed by atoms with van der Waals surface area (Å²) in [5.74, 6) is -0.185. The molecule has 1 aliphatic heterocycles. The maximum Gasteiger partial charge on any atom is 0.237 e. The Morgan fingerprint density at radius 2 is 2.37 bits per heavy atom. The number of likely N-dealkylation sites (tertiary alicyclic amines) is 1. The molecule has 0 saturated carbocycles. The minimum Gasteiger partial charge on any atom is -0.368 e. The van der Waals surface area contributed by atoms with E-state index < -0.39 is 5.54 Å². The van der Waals surface area contributed by atoms with Gasteiger partial charge in [-0.05, 0) is 73.8 Å². The second-order valence-electron chi connectivity index (χ2n) is 5.23. The smallest absolute Gasteiger partial charge is 0.237 e. The van der Waals surface area contributed by atoms with Gasteiger partial charge in [-0.3, -0.25) is 9.69 Å². The number of hydrogen-bond acceptors (Lipinski definition) is 3. The van der Waals surface area contributed by atoms with Crippen LogP contribution in [0.2, 0.25) is 0 Å². The highest BCUT2D eigenvalue weighted by atomic mass is 79.9. The van der Waals surface area contributed by atoms with Crippen LogP contribution in [-0.4, -0.2) is 34.9 Å². The largest absolute Gasteiger partial charge is 0.368 e. The SMILES string of the molecule is CN1CCCC1(CCCc1cccc(Br)n1)C(N)=O. The fourth-order valence-corrected chi connectivity index (χ4v) is 3.30. The van der Waals surface area contributed by atoms with E-state index in [9.17, 15) is 4.79 Å². The molecule has 0 aromatic carbocycles. The molecule has 1 aromatic heterocycles. The molecule has 1 saturated heterocycles. The van der Waals surface area contributed by atoms with E-state index >= 15 is 0 Å². The summed E-state index contributed by atoms with van der Waals surface area (Å²) in [5.41, 5.74) is 6.24. The van der Waals surface area contributed by atoms with Crippen LogP contribution in [0.15, 0.2) is 22.8 Å². The van der Waals surface area contributed by atoms with E-state index in [0.29, 0.717) is 0 Å². The molecule has 104 valence electrons. The van der Waals surface area contributed by atoms with Crippen molar-refractivity contribution < 1.29 is 4.79 Å². The van der Waals surface area contributed by atoms with Crippen molar-refractivity contribution in [3.63, 3.8) is 0 Å². The third-order valence-corrected chi connectivity index (χ3v) is 4.51. The zero-order valence-electron chi connectivity index (χ0n) is 11.2. The highest BCUT2D eigenvalue weighted by molar-refractivity contribution is 9.10. The summed E-state index contributed by atoms with van der Waals surface area (Å²) in [7, 11) is 2.00. The first-order valence-corrected chi connectivity index (χ1v) is 7.46. The van der Waals surface area contributed by atoms with Crippen LogP contribution in [0, 0.1) is 0 Å². The molecule has 1 aromatic rings. The van der Waals surface area contributed by atoms with Crippen molar-refractivity contribution in [3.8, 4) is 0 Å². The fourth-order valence-electron chi connectivity index (χ4n) is 2.92. The third kappa shape index (κ3) is 3.15. The average Bonchev–Trinajstić information content (AvgIpc) is 2.72. The van der Waals surface area contributed by atoms with Gasteiger partial charge in [0.1, 0.15) is 4.60 Å². The first-order valence-electron chi connectivity index (χ1n) is 6.67. The molecular weight excluding hydrogens is 306 g/mol. The summed E-state index contributed by atoms with van der Waals surface area (Å²) in [5, 5.41) is 0. The average molecular weight is 326 g/mol. The monoisotopic (exact) mass is 325 g/mol. The molecule has 5 heteroatoms. The number of pyridine rings is 1. The normalized spacial score (nSPS) is 23.7. The molecule has 1 aliphatic rings. The Bertz CT molecular complexity index is 466. The standard InChI is InChI=1S/C14H20BrN3O/c1-18-10-4-9-14(18,13(16)19)8-3-6-11-5-2-7-12(15)17-11/h2,5,7H,3-4,6,8-10H2,1H3,(H2,16,19). The molecule has 2 rings (SSSR count). The zero-order valence-corrected chi connectivity index (χ0v) is 12.8. The molecule has 19 heavy (non-hydrogen) atoms. The van der Waals surface area contributed by atoms with Crippen LogP contribution < -0.4 is 5.73 Å². The molecule has 0 bridgehead atoms. The van der Waals surface area contributed by atoms with Crippen LogP contribution in [0.4, 0.5) is 0 Å². The lowest BCUT2D eigenvalue weighted by atomic mass is 9.89. The van der Waals surface area contributed by atoms with Crippen molar-refractivity contribution in [1.82, 2.24) is 9.88 Å². The molecule has 0 spiro atoms. The molecule has 1 atom stereocenters. The molecule has 0 aliphatic carbocycles. The summed E-state index contributed by atoms with van der Waals surface area (Å²) in [6.45, 7) is 0.956. The Balaban J connectivity index is 1.95. The Morgan fingerprint density at radius 3 is 2.95 bits per heavy atom. The summed E-state index contributed by atoms with van der Waals surface area (Å²) >= 11 is 3.37. The van der Waals surface area contributed by atoms with E-state index in [1.165, 1.54) is 0 Å². The highest BCUT2D eigenvalue weighted by Crippen LogP contribution is 2.32. The van der Waals surface area contributed by atoms with Gasteiger partial charge in [0, 0.05) is 5.69 Å². The van der Waals surface area contributed by atoms with Crippen molar-refractivity contribution in [2.45, 2.75) is 37.6 Å². The summed E-state index contributed by atoms with van der Waals surface area (Å²) in [6.07, 6.45) is 4.55. The number of likely N-dealkylation sites (N-methyl/N-ethyl adjacent to an activating group) is 1. The first kappa shape index (κ1) is 14.5. The molecule has 1 unspecified atom stereocenters. The van der Waals surface area contributed by atoms with E-state index in [1.807, 2.05) is 25.2 Å². The number of nitrogens with zero attached hydrogens (tertiary/aromatic N) is 2. The Morgan fingerprint density at radius 1 is 1.58 bits per heavy atom. The molecule has 1 fully saturated rings. The Kier molecular flexibility index (Phi) is 4.58. The molecule has 2 N–H and O–H groups in total. The topological polar surface area (TPSA) is 59.2 Å². The van der Waals surface area contributed by atoms with E-state index in [4.69, 9.17) is 5.73 Å². The van der Waals surface area contributed by atoms with Gasteiger partial charge in [-0.2, -0.15) is 0 Å². The minimum atomic E-state index is -0.438. The number of hydrogen-bond donors (Lipinski definition) is 1. The van der Waals surface area contributed by atoms with Crippen molar-refractivity contribution in [2.75, 3.05) is 13.6 Å². The predicted molar refractivity (Wildman–Crippen MR) is 78.7 cm³/mol. The molecular formula is C14H20BrN3O. The summed E-state index contributed by atoms with van der Waals surface area (Å²) < 4.78 is 0.854. The van der Waals surface area contributed by atoms with E-state index in [1.54, 1.807) is 0 Å². The van der Waals surface area contributed by atoms with Gasteiger partial charge in [0.05, 0.1) is 5.54 Å². The Hall–Kier alpha value is -0.940. The van der Waals surface area contributed by atoms with Gasteiger partial charge in [-0.15, -0.1) is 0 Å². The van der Waals surface area contributed by atoms with Crippen LogP contribution in [0.5, 0.6) is 0 Å². The number of aryl methyl sites for hydroxylation is 1. The van der Waals surface area contributed by atoms with Gasteiger partial charge in [-0.1, -0.05) is 6.07 Å². The van der Waals surface area contributed by atoms with Crippen LogP contribution >= 0.6 is 15.9 Å². The maximum absolute atomic E-state index is 11.8. The molecule has 2 heterocycles. The van der Waals surface area contributed by atoms with Crippen LogP contribution in [-0.2, 0) is 11.2 Å². The highest BCUT2D eigenvalue weighted by Gasteiger charge is 2.43. The van der Waals surface area contributed by atoms with E-state index in [0.717, 1.165) is 48.9 Å². The van der Waals surface area contributed by atoms with Crippen LogP contribution in [0.1, 0.15) is 31.4 Å². The van der Waals surface area contributed by atoms with Crippen LogP contribution in [0.25, 0.3) is 0 Å². The summed E-state index contributed by atoms with van der Waals surface area (Å²) in [6, 6.07) is 5.91. The zero-order chi connectivity index (χ0) is 13.9. The van der Waals surface area contributed by atoms with E-state index in [2.05, 4.69) is 25.8 Å². The number of carbonyl (C=O) groups excluding carboxylic acids is 1. The number of aromatic nitrogens is 1. The molecule has 1 amide bonds.